The van der Waals surface area contributed by atoms with Crippen LogP contribution in [0, 0.1) is 0 Å². The van der Waals surface area contributed by atoms with Crippen molar-refractivity contribution in [3.63, 3.8) is 0 Å². The number of hydrogen-bond acceptors (Lipinski definition) is 28. The first-order chi connectivity index (χ1) is 62.6. The third-order valence-corrected chi connectivity index (χ3v) is 24.9. The number of carbonyl (C=O) groups excluding carboxylic acids is 4. The van der Waals surface area contributed by atoms with Gasteiger partial charge in [-0.15, -0.1) is 0 Å². The highest BCUT2D eigenvalue weighted by Gasteiger charge is 2.33. The number of piperidine rings is 4. The van der Waals surface area contributed by atoms with Crippen LogP contribution in [0.15, 0.2) is 176 Å². The third kappa shape index (κ3) is 16.4. The summed E-state index contributed by atoms with van der Waals surface area (Å²) in [5.41, 5.74) is 10.3. The molecular formula is C87H81N25O16S. The van der Waals surface area contributed by atoms with Crippen molar-refractivity contribution in [1.29, 1.82) is 0 Å². The lowest BCUT2D eigenvalue weighted by Crippen LogP contribution is -2.43. The van der Waals surface area contributed by atoms with Crippen LogP contribution < -0.4 is 45.0 Å². The number of aliphatic hydroxyl groups excluding tert-OH is 4. The van der Waals surface area contributed by atoms with Gasteiger partial charge in [0.05, 0.1) is 107 Å². The molecule has 15 aromatic heterocycles. The van der Waals surface area contributed by atoms with Crippen LogP contribution in [0.4, 0.5) is 0 Å². The van der Waals surface area contributed by atoms with Crippen molar-refractivity contribution in [2.75, 3.05) is 78.8 Å². The second-order valence-electron chi connectivity index (χ2n) is 31.7. The van der Waals surface area contributed by atoms with E-state index >= 15 is 0 Å². The van der Waals surface area contributed by atoms with E-state index in [1.165, 1.54) is 24.8 Å². The Balaban J connectivity index is 0.000000116. The summed E-state index contributed by atoms with van der Waals surface area (Å²) in [5.74, 6) is -1.32. The minimum atomic E-state index is -0.538. The minimum Gasteiger partial charge on any atom is -0.387 e. The first-order valence-electron chi connectivity index (χ1n) is 41.6. The molecular weight excluding hydrogens is 1680 g/mol. The van der Waals surface area contributed by atoms with Gasteiger partial charge in [-0.2, -0.15) is 21.5 Å². The SMILES string of the molecule is Cn1cc(-c2ccc3ncc4c(=O)[nH]c(=O)n(C5CCN(C(=O)CO)CC5)c4c3n2)cn1.O=C(CO)N1CCC(n2c(=O)[nH]c(=O)c3cnc4ccc(-c5ccc6c(c5)C=NC6)nc4c32)CC1.O=C(CO)N1CCC(n2c(=O)[nH]c(=O)c3cnc4ccc(-c5ccsc5)nc4c32)CC1.O=C(CO)N1CCC(n2c(=O)[nH]c(=O)c3cnc4ccc(-c5cn[nH]c5)nc4c32)CC1. The summed E-state index contributed by atoms with van der Waals surface area (Å²) in [7, 11) is 1.81. The number of pyridine rings is 8. The Hall–Kier alpha value is -15.3. The lowest BCUT2D eigenvalue weighted by atomic mass is 10.0. The zero-order chi connectivity index (χ0) is 89.6. The number of aliphatic hydroxyl groups is 4. The van der Waals surface area contributed by atoms with Crippen LogP contribution in [0.5, 0.6) is 0 Å². The number of amides is 4. The Labute approximate surface area is 728 Å². The van der Waals surface area contributed by atoms with E-state index in [4.69, 9.17) is 40.4 Å². The largest absolute Gasteiger partial charge is 0.387 e. The Morgan fingerprint density at radius 3 is 1.05 bits per heavy atom. The number of nitrogens with zero attached hydrogens (tertiary/aromatic N) is 20. The number of thiophene rings is 1. The topological polar surface area (TPSA) is 544 Å². The Morgan fingerprint density at radius 1 is 0.403 bits per heavy atom. The van der Waals surface area contributed by atoms with Gasteiger partial charge in [0.15, 0.2) is 0 Å². The summed E-state index contributed by atoms with van der Waals surface area (Å²) in [4.78, 5) is 206. The van der Waals surface area contributed by atoms with Gasteiger partial charge < -0.3 is 40.0 Å². The minimum absolute atomic E-state index is 0.216. The van der Waals surface area contributed by atoms with E-state index in [2.05, 4.69) is 60.2 Å². The Kier molecular flexibility index (Phi) is 23.4. The Bertz CT molecular complexity index is 7500. The van der Waals surface area contributed by atoms with Crippen LogP contribution in [0.1, 0.15) is 86.7 Å². The molecule has 0 bridgehead atoms. The summed E-state index contributed by atoms with van der Waals surface area (Å²) in [6.07, 6.45) is 18.7. The van der Waals surface area contributed by atoms with Crippen LogP contribution in [-0.2, 0) is 32.8 Å². The number of aryl methyl sites for hydroxylation is 1. The number of fused-ring (bicyclic) bond motifs is 13. The van der Waals surface area contributed by atoms with Gasteiger partial charge >= 0.3 is 22.8 Å². The summed E-state index contributed by atoms with van der Waals surface area (Å²) in [5, 5.41) is 52.5. The monoisotopic (exact) mass is 1760 g/mol. The molecule has 16 aromatic rings. The summed E-state index contributed by atoms with van der Waals surface area (Å²) < 4.78 is 7.99. The van der Waals surface area contributed by atoms with E-state index in [9.17, 15) is 57.5 Å². The quantitative estimate of drug-likeness (QED) is 0.0792. The van der Waals surface area contributed by atoms with Crippen LogP contribution in [0.25, 0.3) is 133 Å². The van der Waals surface area contributed by atoms with Gasteiger partial charge in [-0.05, 0) is 129 Å². The molecule has 4 fully saturated rings. The fourth-order valence-corrected chi connectivity index (χ4v) is 18.4. The van der Waals surface area contributed by atoms with Crippen molar-refractivity contribution in [2.45, 2.75) is 82.1 Å². The van der Waals surface area contributed by atoms with Crippen molar-refractivity contribution in [2.24, 2.45) is 12.0 Å². The molecule has 42 heteroatoms. The first kappa shape index (κ1) is 84.6. The predicted octanol–water partition coefficient (Wildman–Crippen LogP) is 3.27. The second-order valence-corrected chi connectivity index (χ2v) is 32.5. The highest BCUT2D eigenvalue weighted by atomic mass is 32.1. The van der Waals surface area contributed by atoms with Gasteiger partial charge in [0, 0.05) is 155 Å². The van der Waals surface area contributed by atoms with E-state index in [1.807, 2.05) is 90.9 Å². The van der Waals surface area contributed by atoms with Crippen molar-refractivity contribution < 1.29 is 39.6 Å². The van der Waals surface area contributed by atoms with Crippen LogP contribution in [-0.4, -0.2) is 247 Å². The van der Waals surface area contributed by atoms with Crippen molar-refractivity contribution in [3.8, 4) is 45.0 Å². The molecule has 20 heterocycles. The maximum absolute atomic E-state index is 13.1. The molecule has 0 aliphatic carbocycles. The maximum atomic E-state index is 13.1. The molecule has 0 unspecified atom stereocenters. The molecule has 0 saturated carbocycles. The molecule has 656 valence electrons. The molecule has 21 rings (SSSR count). The van der Waals surface area contributed by atoms with E-state index in [-0.39, 0.29) is 64.0 Å². The van der Waals surface area contributed by atoms with Gasteiger partial charge in [-0.25, -0.2) is 39.1 Å². The van der Waals surface area contributed by atoms with Crippen LogP contribution in [0.2, 0.25) is 0 Å². The van der Waals surface area contributed by atoms with E-state index < -0.39 is 71.4 Å². The van der Waals surface area contributed by atoms with Crippen molar-refractivity contribution in [1.82, 2.24) is 118 Å². The molecule has 0 spiro atoms. The standard InChI is InChI=1S/C25H22N6O4.C21H21N7O4.C21H19N5O4S.C20H19N7O4/c32-13-21(33)30-7-5-17(6-8-30)31-23-18(24(34)29-25(31)35)12-27-20-4-3-19(28-22(20)23)14-1-2-15-10-26-11-16(15)9-14;1-26-10-12(8-23-26)15-2-3-16-18(24-15)19-14(9-22-16)20(31)25-21(32)28(19)13-4-6-27(7-5-13)17(30)11-29;27-10-17(28)25-6-3-13(4-7-25)26-19-14(20(29)24-21(26)30)9-22-16-2-1-15(23-18(16)19)12-5-8-31-11-12;28-10-16(29)26-5-3-12(4-6-26)27-18-13(19(30)25-20(27)31)9-21-15-2-1-14(24-17(15)18)11-7-22-23-8-11/h1-4,9,11-12,17,32H,5-8,10,13H2,(H,29,34,35);2-3,8-10,13,29H,4-7,11H2,1H3,(H,25,31,32);1-2,5,8-9,11,13,27H,3-4,6-7,10H2,(H,24,29,30);1-2,7-9,12,28H,3-6,10H2,(H,22,23)(H,25,30,31). The molecule has 0 radical (unpaired) electrons. The van der Waals surface area contributed by atoms with E-state index in [0.717, 1.165) is 39.1 Å². The lowest BCUT2D eigenvalue weighted by molar-refractivity contribution is -0.136. The average molecular weight is 1760 g/mol. The summed E-state index contributed by atoms with van der Waals surface area (Å²) >= 11 is 1.56. The number of aromatic nitrogens is 20. The fraction of sp³-hybridized carbons (Fsp3) is 0.299. The summed E-state index contributed by atoms with van der Waals surface area (Å²) in [6, 6.07) is 21.8. The highest BCUT2D eigenvalue weighted by Crippen LogP contribution is 2.36. The molecule has 41 nitrogen and oxygen atoms in total. The molecule has 5 aliphatic heterocycles. The highest BCUT2D eigenvalue weighted by molar-refractivity contribution is 7.08. The van der Waals surface area contributed by atoms with Gasteiger partial charge in [-0.3, -0.25) is 111 Å². The predicted molar refractivity (Wildman–Crippen MR) is 475 cm³/mol. The fourth-order valence-electron chi connectivity index (χ4n) is 17.7. The number of aromatic amines is 5. The smallest absolute Gasteiger partial charge is 0.329 e. The number of rotatable bonds is 12. The molecule has 9 N–H and O–H groups in total. The third-order valence-electron chi connectivity index (χ3n) is 24.3. The first-order valence-corrected chi connectivity index (χ1v) is 42.5. The average Bonchev–Trinajstić information content (AvgIpc) is 0.803. The van der Waals surface area contributed by atoms with E-state index in [1.54, 1.807) is 84.6 Å². The van der Waals surface area contributed by atoms with Gasteiger partial charge in [0.2, 0.25) is 23.6 Å². The van der Waals surface area contributed by atoms with Gasteiger partial charge in [-0.1, -0.05) is 12.1 Å². The van der Waals surface area contributed by atoms with Crippen molar-refractivity contribution in [3.05, 3.63) is 228 Å². The van der Waals surface area contributed by atoms with Crippen LogP contribution >= 0.6 is 11.3 Å². The number of benzene rings is 1. The Morgan fingerprint density at radius 2 is 0.744 bits per heavy atom. The summed E-state index contributed by atoms with van der Waals surface area (Å²) in [6.45, 7) is 1.85. The van der Waals surface area contributed by atoms with Crippen LogP contribution in [0.3, 0.4) is 0 Å². The normalized spacial score (nSPS) is 15.2. The molecule has 1 aromatic carbocycles. The number of hydrogen-bond donors (Lipinski definition) is 9. The number of H-pyrrole nitrogens is 5. The van der Waals surface area contributed by atoms with E-state index in [0.29, 0.717) is 199 Å². The zero-order valence-electron chi connectivity index (χ0n) is 69.0. The zero-order valence-corrected chi connectivity index (χ0v) is 69.8. The van der Waals surface area contributed by atoms with Gasteiger partial charge in [0.25, 0.3) is 22.2 Å². The second kappa shape index (κ2) is 35.6. The molecule has 4 amide bonds. The van der Waals surface area contributed by atoms with Gasteiger partial charge in [0.1, 0.15) is 48.5 Å². The molecule has 5 aliphatic rings. The lowest BCUT2D eigenvalue weighted by Gasteiger charge is -2.33. The number of carbonyl (C=O) groups is 4. The molecule has 4 saturated heterocycles. The maximum Gasteiger partial charge on any atom is 0.329 e. The number of aliphatic imine (C=N–C) groups is 1. The molecule has 0 atom stereocenters. The van der Waals surface area contributed by atoms with Crippen molar-refractivity contribution >= 4 is 129 Å². The molecule has 129 heavy (non-hydrogen) atoms. The number of likely N-dealkylation sites (tertiary alicyclic amines) is 4. The number of nitrogens with one attached hydrogen (secondary N) is 5.